The molecule has 0 saturated carbocycles. The predicted molar refractivity (Wildman–Crippen MR) is 77.4 cm³/mol. The molecule has 4 nitrogen and oxygen atoms in total. The van der Waals surface area contributed by atoms with E-state index in [-0.39, 0.29) is 12.5 Å². The summed E-state index contributed by atoms with van der Waals surface area (Å²) in [5.74, 6) is -0.234. The Kier molecular flexibility index (Phi) is 4.48. The number of aliphatic hydroxyl groups excluding tert-OH is 1. The summed E-state index contributed by atoms with van der Waals surface area (Å²) < 4.78 is 0. The van der Waals surface area contributed by atoms with Gasteiger partial charge in [0.05, 0.1) is 11.7 Å². The molecule has 104 valence electrons. The first-order chi connectivity index (χ1) is 9.58. The highest BCUT2D eigenvalue weighted by molar-refractivity contribution is 5.93. The second-order valence-corrected chi connectivity index (χ2v) is 4.83. The molecule has 0 spiro atoms. The fourth-order valence-corrected chi connectivity index (χ4v) is 2.10. The van der Waals surface area contributed by atoms with Crippen LogP contribution in [0.1, 0.15) is 33.2 Å². The molecule has 0 aliphatic carbocycles. The maximum atomic E-state index is 11.9. The molecular weight excluding hydrogens is 252 g/mol. The summed E-state index contributed by atoms with van der Waals surface area (Å²) in [5, 5.41) is 12.9. The molecule has 2 rings (SSSR count). The number of pyridine rings is 1. The van der Waals surface area contributed by atoms with Gasteiger partial charge in [0.2, 0.25) is 0 Å². The van der Waals surface area contributed by atoms with E-state index in [1.54, 1.807) is 18.3 Å². The Morgan fingerprint density at radius 1 is 1.35 bits per heavy atom. The molecule has 0 saturated heterocycles. The summed E-state index contributed by atoms with van der Waals surface area (Å²) in [6, 6.07) is 9.25. The number of nitrogens with zero attached hydrogens (tertiary/aromatic N) is 1. The largest absolute Gasteiger partial charge is 0.387 e. The molecule has 0 aliphatic heterocycles. The van der Waals surface area contributed by atoms with Crippen molar-refractivity contribution in [3.63, 3.8) is 0 Å². The van der Waals surface area contributed by atoms with Crippen LogP contribution < -0.4 is 5.32 Å². The third-order valence-electron chi connectivity index (χ3n) is 3.16. The Balaban J connectivity index is 1.98. The van der Waals surface area contributed by atoms with E-state index < -0.39 is 6.10 Å². The summed E-state index contributed by atoms with van der Waals surface area (Å²) >= 11 is 0. The van der Waals surface area contributed by atoms with E-state index in [1.165, 1.54) is 6.20 Å². The van der Waals surface area contributed by atoms with Crippen LogP contribution in [0.15, 0.2) is 42.7 Å². The second kappa shape index (κ2) is 6.30. The van der Waals surface area contributed by atoms with Crippen LogP contribution in [0, 0.1) is 13.8 Å². The number of nitrogens with one attached hydrogen (secondary N) is 1. The quantitative estimate of drug-likeness (QED) is 0.895. The van der Waals surface area contributed by atoms with Gasteiger partial charge in [-0.3, -0.25) is 9.78 Å². The van der Waals surface area contributed by atoms with Gasteiger partial charge in [0.1, 0.15) is 0 Å². The number of hydrogen-bond acceptors (Lipinski definition) is 3. The van der Waals surface area contributed by atoms with Gasteiger partial charge in [-0.05, 0) is 37.1 Å². The van der Waals surface area contributed by atoms with Crippen LogP contribution in [0.25, 0.3) is 0 Å². The topological polar surface area (TPSA) is 62.2 Å². The molecule has 2 aromatic rings. The summed E-state index contributed by atoms with van der Waals surface area (Å²) in [7, 11) is 0. The maximum absolute atomic E-state index is 11.9. The first-order valence-corrected chi connectivity index (χ1v) is 6.51. The first-order valence-electron chi connectivity index (χ1n) is 6.51. The van der Waals surface area contributed by atoms with Gasteiger partial charge in [-0.1, -0.05) is 23.8 Å². The Bertz CT molecular complexity index is 597. The van der Waals surface area contributed by atoms with E-state index in [4.69, 9.17) is 0 Å². The van der Waals surface area contributed by atoms with Crippen LogP contribution in [0.2, 0.25) is 0 Å². The van der Waals surface area contributed by atoms with Gasteiger partial charge < -0.3 is 10.4 Å². The van der Waals surface area contributed by atoms with Crippen molar-refractivity contribution in [2.45, 2.75) is 20.0 Å². The van der Waals surface area contributed by atoms with E-state index in [0.717, 1.165) is 16.7 Å². The van der Waals surface area contributed by atoms with E-state index in [0.29, 0.717) is 5.56 Å². The number of aryl methyl sites for hydroxylation is 2. The van der Waals surface area contributed by atoms with E-state index >= 15 is 0 Å². The Hall–Kier alpha value is -2.20. The van der Waals surface area contributed by atoms with Crippen LogP contribution in [-0.2, 0) is 0 Å². The molecule has 4 heteroatoms. The van der Waals surface area contributed by atoms with Crippen molar-refractivity contribution in [2.75, 3.05) is 6.54 Å². The van der Waals surface area contributed by atoms with Gasteiger partial charge in [-0.2, -0.15) is 0 Å². The van der Waals surface area contributed by atoms with Crippen molar-refractivity contribution < 1.29 is 9.90 Å². The monoisotopic (exact) mass is 270 g/mol. The highest BCUT2D eigenvalue weighted by Crippen LogP contribution is 2.18. The molecule has 1 heterocycles. The van der Waals surface area contributed by atoms with Gasteiger partial charge in [0, 0.05) is 18.9 Å². The van der Waals surface area contributed by atoms with E-state index in [9.17, 15) is 9.90 Å². The average Bonchev–Trinajstić information content (AvgIpc) is 2.45. The highest BCUT2D eigenvalue weighted by Gasteiger charge is 2.12. The Labute approximate surface area is 118 Å². The summed E-state index contributed by atoms with van der Waals surface area (Å²) in [5.41, 5.74) is 3.49. The molecule has 1 aromatic heterocycles. The Morgan fingerprint density at radius 3 is 2.80 bits per heavy atom. The zero-order valence-corrected chi connectivity index (χ0v) is 11.6. The van der Waals surface area contributed by atoms with Crippen molar-refractivity contribution in [1.82, 2.24) is 10.3 Å². The van der Waals surface area contributed by atoms with Crippen LogP contribution in [0.4, 0.5) is 0 Å². The summed E-state index contributed by atoms with van der Waals surface area (Å²) in [6.45, 7) is 4.14. The van der Waals surface area contributed by atoms with Gasteiger partial charge in [-0.25, -0.2) is 0 Å². The number of benzene rings is 1. The number of rotatable bonds is 4. The summed E-state index contributed by atoms with van der Waals surface area (Å²) in [4.78, 5) is 15.7. The molecule has 2 N–H and O–H groups in total. The molecule has 0 radical (unpaired) electrons. The van der Waals surface area contributed by atoms with Crippen molar-refractivity contribution in [1.29, 1.82) is 0 Å². The lowest BCUT2D eigenvalue weighted by atomic mass is 10.0. The second-order valence-electron chi connectivity index (χ2n) is 4.83. The molecule has 0 aliphatic rings. The number of carbonyl (C=O) groups excluding carboxylic acids is 1. The van der Waals surface area contributed by atoms with Crippen molar-refractivity contribution in [3.05, 3.63) is 65.0 Å². The lowest BCUT2D eigenvalue weighted by molar-refractivity contribution is 0.0915. The highest BCUT2D eigenvalue weighted by atomic mass is 16.3. The number of aromatic nitrogens is 1. The SMILES string of the molecule is Cc1ccc(C(O)CNC(=O)c2cccnc2)c(C)c1. The zero-order valence-electron chi connectivity index (χ0n) is 11.6. The van der Waals surface area contributed by atoms with Gasteiger partial charge in [0.25, 0.3) is 5.91 Å². The molecule has 1 aromatic carbocycles. The number of aliphatic hydroxyl groups is 1. The minimum absolute atomic E-state index is 0.178. The van der Waals surface area contributed by atoms with Crippen LogP contribution in [0.5, 0.6) is 0 Å². The first kappa shape index (κ1) is 14.2. The molecule has 1 atom stereocenters. The zero-order chi connectivity index (χ0) is 14.5. The van der Waals surface area contributed by atoms with Crippen LogP contribution >= 0.6 is 0 Å². The third-order valence-corrected chi connectivity index (χ3v) is 3.16. The van der Waals surface area contributed by atoms with Crippen molar-refractivity contribution in [3.8, 4) is 0 Å². The molecule has 0 fully saturated rings. The molecule has 20 heavy (non-hydrogen) atoms. The predicted octanol–water partition coefficient (Wildman–Crippen LogP) is 2.16. The van der Waals surface area contributed by atoms with Gasteiger partial charge in [0.15, 0.2) is 0 Å². The molecular formula is C16H18N2O2. The fraction of sp³-hybridized carbons (Fsp3) is 0.250. The van der Waals surface area contributed by atoms with E-state index in [1.807, 2.05) is 32.0 Å². The van der Waals surface area contributed by atoms with E-state index in [2.05, 4.69) is 10.3 Å². The lowest BCUT2D eigenvalue weighted by Gasteiger charge is -2.15. The Morgan fingerprint density at radius 2 is 2.15 bits per heavy atom. The van der Waals surface area contributed by atoms with Crippen molar-refractivity contribution in [2.24, 2.45) is 0 Å². The standard InChI is InChI=1S/C16H18N2O2/c1-11-5-6-14(12(2)8-11)15(19)10-18-16(20)13-4-3-7-17-9-13/h3-9,15,19H,10H2,1-2H3,(H,18,20). The van der Waals surface area contributed by atoms with Gasteiger partial charge in [-0.15, -0.1) is 0 Å². The summed E-state index contributed by atoms with van der Waals surface area (Å²) in [6.07, 6.45) is 2.40. The van der Waals surface area contributed by atoms with Crippen LogP contribution in [-0.4, -0.2) is 22.5 Å². The van der Waals surface area contributed by atoms with Crippen molar-refractivity contribution >= 4 is 5.91 Å². The third kappa shape index (κ3) is 3.42. The molecule has 1 unspecified atom stereocenters. The average molecular weight is 270 g/mol. The number of carbonyl (C=O) groups is 1. The maximum Gasteiger partial charge on any atom is 0.252 e. The molecule has 0 bridgehead atoms. The number of amides is 1. The minimum Gasteiger partial charge on any atom is -0.387 e. The fourth-order valence-electron chi connectivity index (χ4n) is 2.10. The van der Waals surface area contributed by atoms with Gasteiger partial charge >= 0.3 is 0 Å². The minimum atomic E-state index is -0.712. The lowest BCUT2D eigenvalue weighted by Crippen LogP contribution is -2.28. The van der Waals surface area contributed by atoms with Crippen LogP contribution in [0.3, 0.4) is 0 Å². The number of hydrogen-bond donors (Lipinski definition) is 2. The molecule has 1 amide bonds. The smallest absolute Gasteiger partial charge is 0.252 e. The normalized spacial score (nSPS) is 11.9.